The van der Waals surface area contributed by atoms with Crippen molar-refractivity contribution in [3.05, 3.63) is 16.5 Å². The molecule has 0 saturated carbocycles. The molecule has 0 aliphatic carbocycles. The number of sulfonamides is 1. The van der Waals surface area contributed by atoms with Gasteiger partial charge >= 0.3 is 0 Å². The SMILES string of the molecule is CCNCc1sc(S(=O)(=O)NCC(C)(C)CC)cc1C. The fraction of sp³-hybridized carbons (Fsp3) is 0.714. The molecule has 0 atom stereocenters. The maximum atomic E-state index is 12.3. The van der Waals surface area contributed by atoms with E-state index in [1.807, 2.05) is 13.8 Å². The summed E-state index contributed by atoms with van der Waals surface area (Å²) in [5.41, 5.74) is 1.01. The summed E-state index contributed by atoms with van der Waals surface area (Å²) in [7, 11) is -3.39. The van der Waals surface area contributed by atoms with Crippen LogP contribution in [0.3, 0.4) is 0 Å². The first-order valence-corrected chi connectivity index (χ1v) is 9.31. The second kappa shape index (κ2) is 7.02. The first-order chi connectivity index (χ1) is 9.22. The molecule has 0 bridgehead atoms. The van der Waals surface area contributed by atoms with Crippen molar-refractivity contribution in [2.45, 2.75) is 51.8 Å². The Balaban J connectivity index is 2.82. The van der Waals surface area contributed by atoms with E-state index in [9.17, 15) is 8.42 Å². The molecule has 0 fully saturated rings. The Morgan fingerprint density at radius 1 is 1.30 bits per heavy atom. The van der Waals surface area contributed by atoms with Gasteiger partial charge in [-0.1, -0.05) is 27.7 Å². The van der Waals surface area contributed by atoms with E-state index in [2.05, 4.69) is 30.8 Å². The Morgan fingerprint density at radius 3 is 2.50 bits per heavy atom. The van der Waals surface area contributed by atoms with Crippen molar-refractivity contribution in [3.8, 4) is 0 Å². The number of rotatable bonds is 8. The lowest BCUT2D eigenvalue weighted by atomic mass is 9.91. The van der Waals surface area contributed by atoms with Gasteiger partial charge in [0.2, 0.25) is 10.0 Å². The van der Waals surface area contributed by atoms with Gasteiger partial charge in [-0.15, -0.1) is 11.3 Å². The highest BCUT2D eigenvalue weighted by Gasteiger charge is 2.23. The smallest absolute Gasteiger partial charge is 0.250 e. The summed E-state index contributed by atoms with van der Waals surface area (Å²) in [4.78, 5) is 1.09. The van der Waals surface area contributed by atoms with Gasteiger partial charge in [-0.2, -0.15) is 0 Å². The molecular formula is C14H26N2O2S2. The van der Waals surface area contributed by atoms with E-state index in [1.165, 1.54) is 11.3 Å². The van der Waals surface area contributed by atoms with E-state index < -0.39 is 10.0 Å². The lowest BCUT2D eigenvalue weighted by molar-refractivity contribution is 0.350. The van der Waals surface area contributed by atoms with Gasteiger partial charge in [-0.25, -0.2) is 13.1 Å². The van der Waals surface area contributed by atoms with Gasteiger partial charge in [0.1, 0.15) is 4.21 Å². The minimum Gasteiger partial charge on any atom is -0.312 e. The summed E-state index contributed by atoms with van der Waals surface area (Å²) in [6, 6.07) is 1.76. The summed E-state index contributed by atoms with van der Waals surface area (Å²) < 4.78 is 27.8. The fourth-order valence-electron chi connectivity index (χ4n) is 1.52. The molecule has 0 amide bonds. The van der Waals surface area contributed by atoms with Crippen molar-refractivity contribution in [1.29, 1.82) is 0 Å². The number of hydrogen-bond donors (Lipinski definition) is 2. The van der Waals surface area contributed by atoms with Crippen molar-refractivity contribution in [3.63, 3.8) is 0 Å². The van der Waals surface area contributed by atoms with Crippen molar-refractivity contribution in [1.82, 2.24) is 10.0 Å². The molecule has 0 aliphatic heterocycles. The van der Waals surface area contributed by atoms with E-state index in [0.29, 0.717) is 10.8 Å². The van der Waals surface area contributed by atoms with Gasteiger partial charge in [0, 0.05) is 18.0 Å². The molecule has 0 saturated heterocycles. The summed E-state index contributed by atoms with van der Waals surface area (Å²) in [6.45, 7) is 12.2. The third-order valence-electron chi connectivity index (χ3n) is 3.50. The number of aryl methyl sites for hydroxylation is 1. The molecule has 0 unspecified atom stereocenters. The first kappa shape index (κ1) is 17.6. The largest absolute Gasteiger partial charge is 0.312 e. The van der Waals surface area contributed by atoms with Crippen LogP contribution in [0.25, 0.3) is 0 Å². The van der Waals surface area contributed by atoms with E-state index in [-0.39, 0.29) is 5.41 Å². The number of hydrogen-bond acceptors (Lipinski definition) is 4. The Hall–Kier alpha value is -0.430. The van der Waals surface area contributed by atoms with E-state index in [4.69, 9.17) is 0 Å². The molecule has 20 heavy (non-hydrogen) atoms. The second-order valence-electron chi connectivity index (χ2n) is 5.79. The average Bonchev–Trinajstić information content (AvgIpc) is 2.76. The van der Waals surface area contributed by atoms with Crippen LogP contribution in [0.1, 0.15) is 44.6 Å². The number of thiophene rings is 1. The average molecular weight is 319 g/mol. The third-order valence-corrected chi connectivity index (χ3v) is 6.61. The van der Waals surface area contributed by atoms with Gasteiger partial charge in [-0.05, 0) is 36.9 Å². The maximum absolute atomic E-state index is 12.3. The van der Waals surface area contributed by atoms with Gasteiger partial charge < -0.3 is 5.32 Å². The van der Waals surface area contributed by atoms with Crippen LogP contribution in [0.15, 0.2) is 10.3 Å². The molecule has 0 spiro atoms. The van der Waals surface area contributed by atoms with Crippen LogP contribution in [0.2, 0.25) is 0 Å². The van der Waals surface area contributed by atoms with Crippen molar-refractivity contribution in [2.24, 2.45) is 5.41 Å². The van der Waals surface area contributed by atoms with E-state index >= 15 is 0 Å². The highest BCUT2D eigenvalue weighted by molar-refractivity contribution is 7.91. The Morgan fingerprint density at radius 2 is 1.95 bits per heavy atom. The van der Waals surface area contributed by atoms with Crippen LogP contribution < -0.4 is 10.0 Å². The summed E-state index contributed by atoms with van der Waals surface area (Å²) in [6.07, 6.45) is 0.935. The number of nitrogens with one attached hydrogen (secondary N) is 2. The van der Waals surface area contributed by atoms with Gasteiger partial charge in [0.25, 0.3) is 0 Å². The highest BCUT2D eigenvalue weighted by atomic mass is 32.2. The molecule has 116 valence electrons. The van der Waals surface area contributed by atoms with E-state index in [0.717, 1.165) is 30.0 Å². The zero-order valence-electron chi connectivity index (χ0n) is 13.0. The Labute approximate surface area is 127 Å². The Bertz CT molecular complexity index is 533. The third kappa shape index (κ3) is 4.84. The summed E-state index contributed by atoms with van der Waals surface area (Å²) in [5, 5.41) is 3.23. The van der Waals surface area contributed by atoms with Crippen LogP contribution >= 0.6 is 11.3 Å². The molecule has 1 heterocycles. The van der Waals surface area contributed by atoms with Crippen LogP contribution in [-0.2, 0) is 16.6 Å². The minimum atomic E-state index is -3.39. The molecule has 6 heteroatoms. The Kier molecular flexibility index (Phi) is 6.19. The lowest BCUT2D eigenvalue weighted by Crippen LogP contribution is -2.33. The van der Waals surface area contributed by atoms with Crippen molar-refractivity contribution < 1.29 is 8.42 Å². The van der Waals surface area contributed by atoms with Crippen LogP contribution in [0, 0.1) is 12.3 Å². The normalized spacial score (nSPS) is 12.8. The fourth-order valence-corrected chi connectivity index (χ4v) is 4.37. The molecule has 0 aromatic carbocycles. The zero-order valence-corrected chi connectivity index (χ0v) is 14.7. The predicted molar refractivity (Wildman–Crippen MR) is 85.7 cm³/mol. The monoisotopic (exact) mass is 318 g/mol. The standard InChI is InChI=1S/C14H26N2O2S2/c1-6-14(4,5)10-16-20(17,18)13-8-11(3)12(19-13)9-15-7-2/h8,15-16H,6-7,9-10H2,1-5H3. The van der Waals surface area contributed by atoms with E-state index in [1.54, 1.807) is 6.07 Å². The predicted octanol–water partition coefficient (Wildman–Crippen LogP) is 2.88. The van der Waals surface area contributed by atoms with Crippen LogP contribution in [0.5, 0.6) is 0 Å². The molecule has 1 rings (SSSR count). The van der Waals surface area contributed by atoms with Gasteiger partial charge in [-0.3, -0.25) is 0 Å². The molecule has 1 aromatic rings. The van der Waals surface area contributed by atoms with Crippen LogP contribution in [0.4, 0.5) is 0 Å². The summed E-state index contributed by atoms with van der Waals surface area (Å²) >= 11 is 1.35. The lowest BCUT2D eigenvalue weighted by Gasteiger charge is -2.22. The minimum absolute atomic E-state index is 0.0219. The second-order valence-corrected chi connectivity index (χ2v) is 8.92. The molecule has 0 radical (unpaired) electrons. The molecule has 0 aliphatic rings. The van der Waals surface area contributed by atoms with Gasteiger partial charge in [0.15, 0.2) is 0 Å². The van der Waals surface area contributed by atoms with Crippen LogP contribution in [-0.4, -0.2) is 21.5 Å². The summed E-state index contributed by atoms with van der Waals surface area (Å²) in [5.74, 6) is 0. The van der Waals surface area contributed by atoms with Crippen molar-refractivity contribution in [2.75, 3.05) is 13.1 Å². The quantitative estimate of drug-likeness (QED) is 0.775. The molecule has 4 nitrogen and oxygen atoms in total. The molecular weight excluding hydrogens is 292 g/mol. The molecule has 1 aromatic heterocycles. The zero-order chi connectivity index (χ0) is 15.4. The molecule has 2 N–H and O–H groups in total. The maximum Gasteiger partial charge on any atom is 0.250 e. The first-order valence-electron chi connectivity index (χ1n) is 7.01. The highest BCUT2D eigenvalue weighted by Crippen LogP contribution is 2.27. The van der Waals surface area contributed by atoms with Crippen molar-refractivity contribution >= 4 is 21.4 Å². The topological polar surface area (TPSA) is 58.2 Å². The van der Waals surface area contributed by atoms with Gasteiger partial charge in [0.05, 0.1) is 0 Å².